The Labute approximate surface area is 150 Å². The van der Waals surface area contributed by atoms with Crippen LogP contribution in [0, 0.1) is 0 Å². The molecule has 132 valence electrons. The van der Waals surface area contributed by atoms with Gasteiger partial charge in [-0.1, -0.05) is 18.2 Å². The van der Waals surface area contributed by atoms with Gasteiger partial charge in [0.05, 0.1) is 6.61 Å². The third kappa shape index (κ3) is 2.95. The summed E-state index contributed by atoms with van der Waals surface area (Å²) in [6.07, 6.45) is 1.11. The minimum atomic E-state index is -0.326. The van der Waals surface area contributed by atoms with Crippen molar-refractivity contribution in [1.29, 1.82) is 0 Å². The lowest BCUT2D eigenvalue weighted by molar-refractivity contribution is -0.116. The van der Waals surface area contributed by atoms with E-state index in [0.717, 1.165) is 22.2 Å². The molecule has 0 unspecified atom stereocenters. The smallest absolute Gasteiger partial charge is 0.291 e. The molecular weight excluding hydrogens is 332 g/mol. The summed E-state index contributed by atoms with van der Waals surface area (Å²) in [6.45, 7) is 0.288. The van der Waals surface area contributed by atoms with Crippen molar-refractivity contribution in [3.63, 3.8) is 0 Å². The molecule has 1 aromatic heterocycles. The Bertz CT molecular complexity index is 1010. The molecule has 3 aromatic rings. The highest BCUT2D eigenvalue weighted by Gasteiger charge is 2.21. The molecule has 4 rings (SSSR count). The Kier molecular flexibility index (Phi) is 4.18. The monoisotopic (exact) mass is 350 g/mol. The number of rotatable bonds is 4. The maximum atomic E-state index is 12.8. The van der Waals surface area contributed by atoms with E-state index in [1.807, 2.05) is 30.3 Å². The average molecular weight is 350 g/mol. The number of aryl methyl sites for hydroxylation is 1. The summed E-state index contributed by atoms with van der Waals surface area (Å²) >= 11 is 0. The number of methoxy groups -OCH3 is 1. The Morgan fingerprint density at radius 3 is 2.92 bits per heavy atom. The number of carbonyl (C=O) groups is 2. The highest BCUT2D eigenvalue weighted by Crippen LogP contribution is 2.29. The first kappa shape index (κ1) is 16.4. The maximum absolute atomic E-state index is 12.8. The maximum Gasteiger partial charge on any atom is 0.291 e. The van der Waals surface area contributed by atoms with Crippen LogP contribution < -0.4 is 10.6 Å². The Balaban J connectivity index is 1.63. The van der Waals surface area contributed by atoms with Crippen LogP contribution >= 0.6 is 0 Å². The lowest BCUT2D eigenvalue weighted by Gasteiger charge is -2.17. The van der Waals surface area contributed by atoms with E-state index in [0.29, 0.717) is 24.1 Å². The van der Waals surface area contributed by atoms with Gasteiger partial charge in [0.2, 0.25) is 5.91 Å². The summed E-state index contributed by atoms with van der Waals surface area (Å²) in [5, 5.41) is 6.58. The lowest BCUT2D eigenvalue weighted by atomic mass is 10.0. The minimum absolute atomic E-state index is 0.0146. The van der Waals surface area contributed by atoms with Crippen molar-refractivity contribution in [3.05, 3.63) is 59.4 Å². The van der Waals surface area contributed by atoms with Crippen LogP contribution in [0.1, 0.15) is 28.1 Å². The highest BCUT2D eigenvalue weighted by molar-refractivity contribution is 6.06. The number of anilines is 2. The fraction of sp³-hybridized carbons (Fsp3) is 0.200. The van der Waals surface area contributed by atoms with E-state index in [-0.39, 0.29) is 24.2 Å². The van der Waals surface area contributed by atoms with Gasteiger partial charge >= 0.3 is 0 Å². The lowest BCUT2D eigenvalue weighted by Crippen LogP contribution is -2.19. The number of hydrogen-bond donors (Lipinski definition) is 2. The van der Waals surface area contributed by atoms with E-state index in [4.69, 9.17) is 9.15 Å². The Morgan fingerprint density at radius 2 is 2.08 bits per heavy atom. The number of benzene rings is 2. The molecule has 2 N–H and O–H groups in total. The number of carbonyl (C=O) groups excluding carboxylic acids is 2. The second-order valence-corrected chi connectivity index (χ2v) is 6.21. The van der Waals surface area contributed by atoms with E-state index in [2.05, 4.69) is 10.6 Å². The van der Waals surface area contributed by atoms with Crippen molar-refractivity contribution in [3.8, 4) is 0 Å². The van der Waals surface area contributed by atoms with Gasteiger partial charge in [-0.05, 0) is 36.2 Å². The van der Waals surface area contributed by atoms with E-state index in [1.165, 1.54) is 0 Å². The predicted molar refractivity (Wildman–Crippen MR) is 98.3 cm³/mol. The van der Waals surface area contributed by atoms with Gasteiger partial charge in [-0.15, -0.1) is 0 Å². The molecule has 0 saturated heterocycles. The molecule has 0 saturated carbocycles. The molecule has 2 amide bonds. The summed E-state index contributed by atoms with van der Waals surface area (Å²) < 4.78 is 11.0. The zero-order chi connectivity index (χ0) is 18.1. The molecule has 0 bridgehead atoms. The molecular formula is C20H18N2O4. The minimum Gasteiger partial charge on any atom is -0.451 e. The van der Waals surface area contributed by atoms with E-state index in [1.54, 1.807) is 19.2 Å². The van der Waals surface area contributed by atoms with Crippen LogP contribution in [-0.4, -0.2) is 18.9 Å². The third-order valence-electron chi connectivity index (χ3n) is 4.45. The molecule has 1 aliphatic rings. The van der Waals surface area contributed by atoms with Gasteiger partial charge in [0.1, 0.15) is 5.58 Å². The zero-order valence-corrected chi connectivity index (χ0v) is 14.3. The van der Waals surface area contributed by atoms with Crippen molar-refractivity contribution >= 4 is 34.2 Å². The van der Waals surface area contributed by atoms with Crippen molar-refractivity contribution in [2.45, 2.75) is 19.4 Å². The summed E-state index contributed by atoms with van der Waals surface area (Å²) in [5.74, 6) is -0.0621. The molecule has 0 aliphatic carbocycles. The second-order valence-electron chi connectivity index (χ2n) is 6.21. The van der Waals surface area contributed by atoms with Gasteiger partial charge in [-0.3, -0.25) is 9.59 Å². The molecule has 6 heteroatoms. The van der Waals surface area contributed by atoms with Crippen molar-refractivity contribution in [2.24, 2.45) is 0 Å². The summed E-state index contributed by atoms with van der Waals surface area (Å²) in [5.41, 5.74) is 3.84. The van der Waals surface area contributed by atoms with Gasteiger partial charge in [0.15, 0.2) is 5.76 Å². The summed E-state index contributed by atoms with van der Waals surface area (Å²) in [7, 11) is 1.58. The number of amides is 2. The van der Waals surface area contributed by atoms with E-state index in [9.17, 15) is 9.59 Å². The Hall–Kier alpha value is -3.12. The number of nitrogens with one attached hydrogen (secondary N) is 2. The molecule has 0 radical (unpaired) electrons. The first-order chi connectivity index (χ1) is 12.7. The van der Waals surface area contributed by atoms with Crippen molar-refractivity contribution < 1.29 is 18.7 Å². The Morgan fingerprint density at radius 1 is 1.23 bits per heavy atom. The van der Waals surface area contributed by atoms with Gasteiger partial charge in [0, 0.05) is 35.9 Å². The normalized spacial score (nSPS) is 13.3. The number of furan rings is 1. The largest absolute Gasteiger partial charge is 0.451 e. The fourth-order valence-corrected chi connectivity index (χ4v) is 3.22. The van der Waals surface area contributed by atoms with Crippen LogP contribution in [-0.2, 0) is 22.6 Å². The van der Waals surface area contributed by atoms with Crippen LogP contribution in [0.15, 0.2) is 46.9 Å². The standard InChI is InChI=1S/C20H18N2O4/c1-25-11-15-14-4-2-3-5-17(14)26-19(15)20(24)21-13-7-8-16-12(10-13)6-9-18(23)22-16/h2-5,7-8,10H,6,9,11H2,1H3,(H,21,24)(H,22,23). The summed E-state index contributed by atoms with van der Waals surface area (Å²) in [4.78, 5) is 24.2. The molecule has 0 spiro atoms. The second kappa shape index (κ2) is 6.65. The van der Waals surface area contributed by atoms with Crippen molar-refractivity contribution in [2.75, 3.05) is 17.7 Å². The molecule has 6 nitrogen and oxygen atoms in total. The topological polar surface area (TPSA) is 80.6 Å². The number of para-hydroxylation sites is 1. The van der Waals surface area contributed by atoms with Crippen molar-refractivity contribution in [1.82, 2.24) is 0 Å². The number of hydrogen-bond acceptors (Lipinski definition) is 4. The van der Waals surface area contributed by atoms with Crippen LogP contribution in [0.5, 0.6) is 0 Å². The first-order valence-electron chi connectivity index (χ1n) is 8.39. The van der Waals surface area contributed by atoms with Crippen LogP contribution in [0.2, 0.25) is 0 Å². The molecule has 1 aliphatic heterocycles. The third-order valence-corrected chi connectivity index (χ3v) is 4.45. The van der Waals surface area contributed by atoms with E-state index < -0.39 is 0 Å². The van der Waals surface area contributed by atoms with Gasteiger partial charge in [-0.2, -0.15) is 0 Å². The molecule has 26 heavy (non-hydrogen) atoms. The van der Waals surface area contributed by atoms with Gasteiger partial charge < -0.3 is 19.8 Å². The molecule has 0 fully saturated rings. The van der Waals surface area contributed by atoms with E-state index >= 15 is 0 Å². The van der Waals surface area contributed by atoms with Gasteiger partial charge in [0.25, 0.3) is 5.91 Å². The molecule has 2 aromatic carbocycles. The van der Waals surface area contributed by atoms with Crippen LogP contribution in [0.25, 0.3) is 11.0 Å². The summed E-state index contributed by atoms with van der Waals surface area (Å²) in [6, 6.07) is 12.9. The van der Waals surface area contributed by atoms with Crippen LogP contribution in [0.3, 0.4) is 0 Å². The molecule has 2 heterocycles. The average Bonchev–Trinajstić information content (AvgIpc) is 3.01. The number of fused-ring (bicyclic) bond motifs is 2. The molecule has 0 atom stereocenters. The quantitative estimate of drug-likeness (QED) is 0.751. The predicted octanol–water partition coefficient (Wildman–Crippen LogP) is 3.72. The van der Waals surface area contributed by atoms with Crippen LogP contribution in [0.4, 0.5) is 11.4 Å². The first-order valence-corrected chi connectivity index (χ1v) is 8.39. The SMILES string of the molecule is COCc1c(C(=O)Nc2ccc3c(c2)CCC(=O)N3)oc2ccccc12. The number of ether oxygens (including phenoxy) is 1. The zero-order valence-electron chi connectivity index (χ0n) is 14.3. The highest BCUT2D eigenvalue weighted by atomic mass is 16.5. The fourth-order valence-electron chi connectivity index (χ4n) is 3.22. The van der Waals surface area contributed by atoms with Gasteiger partial charge in [-0.25, -0.2) is 0 Å².